The molecule has 0 unspecified atom stereocenters. The molecule has 1 amide bonds. The van der Waals surface area contributed by atoms with E-state index in [0.717, 1.165) is 5.56 Å². The van der Waals surface area contributed by atoms with Crippen LogP contribution in [0.15, 0.2) is 54.1 Å². The van der Waals surface area contributed by atoms with Crippen LogP contribution in [0.3, 0.4) is 0 Å². The number of nitrogens with one attached hydrogen (secondary N) is 1. The Morgan fingerprint density at radius 1 is 1.14 bits per heavy atom. The van der Waals surface area contributed by atoms with Crippen LogP contribution in [0, 0.1) is 0 Å². The molecule has 1 N–H and O–H groups in total. The lowest BCUT2D eigenvalue weighted by Gasteiger charge is -2.18. The Morgan fingerprint density at radius 3 is 2.59 bits per heavy atom. The molecule has 2 aromatic rings. The van der Waals surface area contributed by atoms with Crippen molar-refractivity contribution in [1.29, 1.82) is 0 Å². The van der Waals surface area contributed by atoms with Crippen molar-refractivity contribution in [2.24, 2.45) is 0 Å². The first kappa shape index (κ1) is 14.1. The van der Waals surface area contributed by atoms with Gasteiger partial charge in [0.1, 0.15) is 12.4 Å². The number of hydrogen-bond donors (Lipinski definition) is 1. The smallest absolute Gasteiger partial charge is 0.251 e. The molecule has 1 aliphatic rings. The number of carbonyl (C=O) groups is 2. The zero-order valence-corrected chi connectivity index (χ0v) is 12.1. The van der Waals surface area contributed by atoms with Crippen molar-refractivity contribution in [2.45, 2.75) is 0 Å². The van der Waals surface area contributed by atoms with Crippen molar-refractivity contribution in [3.8, 4) is 5.75 Å². The summed E-state index contributed by atoms with van der Waals surface area (Å²) in [6.45, 7) is 0.257. The minimum atomic E-state index is -0.134. The van der Waals surface area contributed by atoms with Crippen LogP contribution in [0.2, 0.25) is 0 Å². The van der Waals surface area contributed by atoms with Gasteiger partial charge in [0.15, 0.2) is 5.78 Å². The van der Waals surface area contributed by atoms with Gasteiger partial charge in [-0.15, -0.1) is 0 Å². The molecule has 1 heterocycles. The highest BCUT2D eigenvalue weighted by Crippen LogP contribution is 2.27. The Labute approximate surface area is 128 Å². The van der Waals surface area contributed by atoms with E-state index in [0.29, 0.717) is 22.4 Å². The summed E-state index contributed by atoms with van der Waals surface area (Å²) in [6.07, 6.45) is 1.80. The van der Waals surface area contributed by atoms with Gasteiger partial charge in [0, 0.05) is 18.2 Å². The molecular weight excluding hydrogens is 278 g/mol. The van der Waals surface area contributed by atoms with E-state index in [4.69, 9.17) is 4.74 Å². The number of hydrogen-bond acceptors (Lipinski definition) is 3. The third-order valence-corrected chi connectivity index (χ3v) is 3.55. The normalized spacial score (nSPS) is 15.1. The number of para-hydroxylation sites is 1. The van der Waals surface area contributed by atoms with Crippen LogP contribution in [0.25, 0.3) is 6.08 Å². The Hall–Kier alpha value is -2.88. The fraction of sp³-hybridized carbons (Fsp3) is 0.111. The van der Waals surface area contributed by atoms with Gasteiger partial charge in [-0.05, 0) is 35.9 Å². The molecule has 110 valence electrons. The predicted molar refractivity (Wildman–Crippen MR) is 84.1 cm³/mol. The van der Waals surface area contributed by atoms with Crippen LogP contribution in [-0.4, -0.2) is 25.3 Å². The Bertz CT molecular complexity index is 760. The number of ether oxygens (including phenoxy) is 1. The maximum absolute atomic E-state index is 12.4. The summed E-state index contributed by atoms with van der Waals surface area (Å²) >= 11 is 0. The number of rotatable bonds is 2. The van der Waals surface area contributed by atoms with Crippen molar-refractivity contribution in [1.82, 2.24) is 5.32 Å². The number of Topliss-reactive ketones (excluding diaryl/α,β-unsaturated/α-hetero) is 1. The van der Waals surface area contributed by atoms with Gasteiger partial charge in [-0.25, -0.2) is 0 Å². The molecule has 0 aromatic heterocycles. The van der Waals surface area contributed by atoms with E-state index in [-0.39, 0.29) is 18.3 Å². The topological polar surface area (TPSA) is 55.4 Å². The minimum absolute atomic E-state index is 0.0165. The first-order valence-corrected chi connectivity index (χ1v) is 6.98. The van der Waals surface area contributed by atoms with Gasteiger partial charge in [-0.2, -0.15) is 0 Å². The molecule has 0 fully saturated rings. The highest BCUT2D eigenvalue weighted by molar-refractivity contribution is 6.14. The number of fused-ring (bicyclic) bond motifs is 1. The second-order valence-electron chi connectivity index (χ2n) is 4.98. The molecule has 22 heavy (non-hydrogen) atoms. The first-order chi connectivity index (χ1) is 10.7. The fourth-order valence-electron chi connectivity index (χ4n) is 2.36. The lowest BCUT2D eigenvalue weighted by atomic mass is 9.98. The van der Waals surface area contributed by atoms with Crippen LogP contribution in [0.1, 0.15) is 26.3 Å². The van der Waals surface area contributed by atoms with Crippen LogP contribution in [-0.2, 0) is 0 Å². The van der Waals surface area contributed by atoms with Gasteiger partial charge in [0.05, 0.1) is 5.56 Å². The van der Waals surface area contributed by atoms with E-state index in [1.807, 2.05) is 24.3 Å². The molecule has 0 bridgehead atoms. The van der Waals surface area contributed by atoms with Crippen LogP contribution < -0.4 is 10.1 Å². The molecule has 0 saturated carbocycles. The van der Waals surface area contributed by atoms with Crippen molar-refractivity contribution >= 4 is 17.8 Å². The highest BCUT2D eigenvalue weighted by atomic mass is 16.5. The number of ketones is 1. The second-order valence-corrected chi connectivity index (χ2v) is 4.98. The SMILES string of the molecule is CNC(=O)c1ccc(/C=C2\COc3ccccc3C2=O)cc1. The van der Waals surface area contributed by atoms with Crippen molar-refractivity contribution in [2.75, 3.05) is 13.7 Å². The van der Waals surface area contributed by atoms with Crippen molar-refractivity contribution in [3.05, 3.63) is 70.8 Å². The van der Waals surface area contributed by atoms with E-state index in [1.54, 1.807) is 37.4 Å². The monoisotopic (exact) mass is 293 g/mol. The maximum Gasteiger partial charge on any atom is 0.251 e. The number of carbonyl (C=O) groups excluding carboxylic acids is 2. The lowest BCUT2D eigenvalue weighted by molar-refractivity contribution is 0.0961. The van der Waals surface area contributed by atoms with Crippen LogP contribution in [0.5, 0.6) is 5.75 Å². The van der Waals surface area contributed by atoms with Gasteiger partial charge in [0.2, 0.25) is 0 Å². The first-order valence-electron chi connectivity index (χ1n) is 6.98. The van der Waals surface area contributed by atoms with Gasteiger partial charge >= 0.3 is 0 Å². The van der Waals surface area contributed by atoms with Crippen molar-refractivity contribution in [3.63, 3.8) is 0 Å². The average molecular weight is 293 g/mol. The summed E-state index contributed by atoms with van der Waals surface area (Å²) < 4.78 is 5.60. The van der Waals surface area contributed by atoms with E-state index in [9.17, 15) is 9.59 Å². The summed E-state index contributed by atoms with van der Waals surface area (Å²) in [7, 11) is 1.59. The van der Waals surface area contributed by atoms with Crippen molar-refractivity contribution < 1.29 is 14.3 Å². The summed E-state index contributed by atoms with van der Waals surface area (Å²) in [6, 6.07) is 14.3. The van der Waals surface area contributed by atoms with Gasteiger partial charge in [-0.3, -0.25) is 9.59 Å². The van der Waals surface area contributed by atoms with Gasteiger partial charge in [0.25, 0.3) is 5.91 Å². The Morgan fingerprint density at radius 2 is 1.86 bits per heavy atom. The predicted octanol–water partition coefficient (Wildman–Crippen LogP) is 2.70. The highest BCUT2D eigenvalue weighted by Gasteiger charge is 2.22. The zero-order chi connectivity index (χ0) is 15.5. The molecule has 1 aliphatic heterocycles. The standard InChI is InChI=1S/C18H15NO3/c1-19-18(21)13-8-6-12(7-9-13)10-14-11-22-16-5-3-2-4-15(16)17(14)20/h2-10H,11H2,1H3,(H,19,21)/b14-10+. The summed E-state index contributed by atoms with van der Waals surface area (Å²) in [4.78, 5) is 23.9. The zero-order valence-electron chi connectivity index (χ0n) is 12.1. The Kier molecular flexibility index (Phi) is 3.74. The van der Waals surface area contributed by atoms with Crippen LogP contribution >= 0.6 is 0 Å². The largest absolute Gasteiger partial charge is 0.488 e. The molecule has 0 aliphatic carbocycles. The van der Waals surface area contributed by atoms with E-state index in [2.05, 4.69) is 5.32 Å². The summed E-state index contributed by atoms with van der Waals surface area (Å²) in [5, 5.41) is 2.57. The van der Waals surface area contributed by atoms with Crippen LogP contribution in [0.4, 0.5) is 0 Å². The number of amides is 1. The summed E-state index contributed by atoms with van der Waals surface area (Å²) in [5.74, 6) is 0.474. The lowest BCUT2D eigenvalue weighted by Crippen LogP contribution is -2.19. The fourth-order valence-corrected chi connectivity index (χ4v) is 2.36. The second kappa shape index (κ2) is 5.85. The molecule has 4 nitrogen and oxygen atoms in total. The third kappa shape index (κ3) is 2.63. The quantitative estimate of drug-likeness (QED) is 0.866. The maximum atomic E-state index is 12.4. The third-order valence-electron chi connectivity index (χ3n) is 3.55. The molecular formula is C18H15NO3. The van der Waals surface area contributed by atoms with E-state index >= 15 is 0 Å². The molecule has 4 heteroatoms. The molecule has 0 spiro atoms. The molecule has 0 radical (unpaired) electrons. The molecule has 3 rings (SSSR count). The number of benzene rings is 2. The Balaban J connectivity index is 1.87. The minimum Gasteiger partial charge on any atom is -0.488 e. The van der Waals surface area contributed by atoms with Gasteiger partial charge < -0.3 is 10.1 Å². The molecule has 0 saturated heterocycles. The average Bonchev–Trinajstić information content (AvgIpc) is 2.57. The van der Waals surface area contributed by atoms with Gasteiger partial charge in [-0.1, -0.05) is 24.3 Å². The molecule has 0 atom stereocenters. The molecule has 2 aromatic carbocycles. The van der Waals surface area contributed by atoms with E-state index < -0.39 is 0 Å². The van der Waals surface area contributed by atoms with E-state index in [1.165, 1.54) is 0 Å². The summed E-state index contributed by atoms with van der Waals surface area (Å²) in [5.41, 5.74) is 2.63.